The van der Waals surface area contributed by atoms with E-state index in [0.717, 1.165) is 48.9 Å². The zero-order valence-corrected chi connectivity index (χ0v) is 20.4. The van der Waals surface area contributed by atoms with Crippen LogP contribution in [0, 0.1) is 0 Å². The minimum atomic E-state index is -0.611. The number of methoxy groups -OCH3 is 2. The fraction of sp³-hybridized carbons (Fsp3) is 0.385. The number of nitrogens with one attached hydrogen (secondary N) is 2. The summed E-state index contributed by atoms with van der Waals surface area (Å²) in [4.78, 5) is 29.9. The monoisotopic (exact) mass is 480 g/mol. The minimum Gasteiger partial charge on any atom is -0.497 e. The average molecular weight is 481 g/mol. The largest absolute Gasteiger partial charge is 0.497 e. The number of nitrogens with zero attached hydrogens (tertiary/aromatic N) is 2. The molecule has 2 heterocycles. The van der Waals surface area contributed by atoms with Crippen LogP contribution >= 0.6 is 0 Å². The second-order valence-corrected chi connectivity index (χ2v) is 8.38. The van der Waals surface area contributed by atoms with Gasteiger partial charge in [0.2, 0.25) is 0 Å². The molecule has 0 bridgehead atoms. The molecule has 1 unspecified atom stereocenters. The number of urea groups is 1. The van der Waals surface area contributed by atoms with Crippen LogP contribution < -0.4 is 25.0 Å². The normalized spacial score (nSPS) is 18.5. The lowest BCUT2D eigenvalue weighted by atomic mass is 9.95. The molecule has 2 aromatic carbocycles. The fourth-order valence-corrected chi connectivity index (χ4v) is 4.46. The Morgan fingerprint density at radius 3 is 2.43 bits per heavy atom. The van der Waals surface area contributed by atoms with E-state index in [-0.39, 0.29) is 6.03 Å². The summed E-state index contributed by atoms with van der Waals surface area (Å²) in [6.45, 7) is 6.13. The van der Waals surface area contributed by atoms with Gasteiger partial charge in [-0.1, -0.05) is 18.2 Å². The number of amides is 2. The van der Waals surface area contributed by atoms with Crippen molar-refractivity contribution in [2.24, 2.45) is 0 Å². The van der Waals surface area contributed by atoms with Gasteiger partial charge in [-0.3, -0.25) is 4.90 Å². The molecule has 35 heavy (non-hydrogen) atoms. The highest BCUT2D eigenvalue weighted by molar-refractivity contribution is 5.95. The van der Waals surface area contributed by atoms with E-state index in [4.69, 9.17) is 14.2 Å². The Balaban J connectivity index is 1.52. The smallest absolute Gasteiger partial charge is 0.338 e. The lowest BCUT2D eigenvalue weighted by Crippen LogP contribution is -2.51. The van der Waals surface area contributed by atoms with Gasteiger partial charge < -0.3 is 29.7 Å². The number of carbonyl (C=O) groups is 2. The van der Waals surface area contributed by atoms with Crippen molar-refractivity contribution < 1.29 is 23.8 Å². The van der Waals surface area contributed by atoms with Crippen LogP contribution in [0.5, 0.6) is 11.5 Å². The first-order chi connectivity index (χ1) is 17.0. The van der Waals surface area contributed by atoms with Gasteiger partial charge in [0, 0.05) is 50.2 Å². The van der Waals surface area contributed by atoms with Gasteiger partial charge >= 0.3 is 12.0 Å². The molecule has 4 rings (SSSR count). The highest BCUT2D eigenvalue weighted by Gasteiger charge is 2.34. The molecule has 2 aliphatic rings. The van der Waals surface area contributed by atoms with Crippen molar-refractivity contribution in [2.75, 3.05) is 58.5 Å². The van der Waals surface area contributed by atoms with E-state index < -0.39 is 12.0 Å². The summed E-state index contributed by atoms with van der Waals surface area (Å²) in [6, 6.07) is 14.4. The molecule has 1 saturated heterocycles. The van der Waals surface area contributed by atoms with E-state index >= 15 is 0 Å². The molecule has 2 aliphatic heterocycles. The van der Waals surface area contributed by atoms with Crippen LogP contribution in [0.15, 0.2) is 59.8 Å². The Bertz CT molecular complexity index is 1080. The quantitative estimate of drug-likeness (QED) is 0.562. The molecule has 9 heteroatoms. The summed E-state index contributed by atoms with van der Waals surface area (Å²) in [5, 5.41) is 5.72. The lowest BCUT2D eigenvalue weighted by Gasteiger charge is -2.38. The molecule has 2 N–H and O–H groups in total. The van der Waals surface area contributed by atoms with Gasteiger partial charge in [-0.05, 0) is 36.8 Å². The Morgan fingerprint density at radius 1 is 1.03 bits per heavy atom. The number of piperazine rings is 1. The SMILES string of the molecule is CCOc1ccc(C2NC(=O)NC(CN3CCN(c4cccc(OC)c4)CC3)=C2C(=O)OC)cc1. The van der Waals surface area contributed by atoms with E-state index in [1.807, 2.05) is 49.4 Å². The van der Waals surface area contributed by atoms with Crippen LogP contribution in [0.4, 0.5) is 10.5 Å². The Labute approximate surface area is 205 Å². The van der Waals surface area contributed by atoms with Crippen molar-refractivity contribution in [3.63, 3.8) is 0 Å². The van der Waals surface area contributed by atoms with E-state index in [1.165, 1.54) is 7.11 Å². The van der Waals surface area contributed by atoms with Gasteiger partial charge in [-0.2, -0.15) is 0 Å². The highest BCUT2D eigenvalue weighted by Crippen LogP contribution is 2.30. The van der Waals surface area contributed by atoms with Crippen LogP contribution in [-0.2, 0) is 9.53 Å². The molecular weight excluding hydrogens is 448 g/mol. The molecule has 2 aromatic rings. The predicted molar refractivity (Wildman–Crippen MR) is 133 cm³/mol. The molecule has 0 spiro atoms. The van der Waals surface area contributed by atoms with Crippen molar-refractivity contribution in [2.45, 2.75) is 13.0 Å². The summed E-state index contributed by atoms with van der Waals surface area (Å²) < 4.78 is 16.0. The third-order valence-corrected chi connectivity index (χ3v) is 6.26. The molecule has 9 nitrogen and oxygen atoms in total. The third kappa shape index (κ3) is 5.68. The number of carbonyl (C=O) groups excluding carboxylic acids is 2. The first-order valence-electron chi connectivity index (χ1n) is 11.7. The van der Waals surface area contributed by atoms with Crippen molar-refractivity contribution in [3.8, 4) is 11.5 Å². The minimum absolute atomic E-state index is 0.346. The lowest BCUT2D eigenvalue weighted by molar-refractivity contribution is -0.136. The van der Waals surface area contributed by atoms with Gasteiger partial charge in [0.1, 0.15) is 11.5 Å². The maximum absolute atomic E-state index is 12.8. The summed E-state index contributed by atoms with van der Waals surface area (Å²) in [5.41, 5.74) is 2.87. The number of esters is 1. The van der Waals surface area contributed by atoms with Gasteiger partial charge in [0.25, 0.3) is 0 Å². The number of rotatable bonds is 8. The molecule has 2 amide bonds. The molecule has 0 aliphatic carbocycles. The molecule has 0 saturated carbocycles. The average Bonchev–Trinajstić information content (AvgIpc) is 2.89. The van der Waals surface area contributed by atoms with Crippen LogP contribution in [0.1, 0.15) is 18.5 Å². The van der Waals surface area contributed by atoms with E-state index in [1.54, 1.807) is 7.11 Å². The standard InChI is InChI=1S/C26H32N4O5/c1-4-35-20-10-8-18(9-11-20)24-23(25(31)34-3)22(27-26(32)28-24)17-29-12-14-30(15-13-29)19-6-5-7-21(16-19)33-2/h5-11,16,24H,4,12-15,17H2,1-3H3,(H2,27,28,32). The van der Waals surface area contributed by atoms with Gasteiger partial charge in [-0.15, -0.1) is 0 Å². The second kappa shape index (κ2) is 11.1. The molecular formula is C26H32N4O5. The van der Waals surface area contributed by atoms with Gasteiger partial charge in [-0.25, -0.2) is 9.59 Å². The second-order valence-electron chi connectivity index (χ2n) is 8.38. The Kier molecular flexibility index (Phi) is 7.77. The summed E-state index contributed by atoms with van der Waals surface area (Å²) >= 11 is 0. The number of ether oxygens (including phenoxy) is 3. The van der Waals surface area contributed by atoms with Crippen molar-refractivity contribution >= 4 is 17.7 Å². The maximum Gasteiger partial charge on any atom is 0.338 e. The van der Waals surface area contributed by atoms with Crippen molar-refractivity contribution in [3.05, 3.63) is 65.4 Å². The summed E-state index contributed by atoms with van der Waals surface area (Å²) in [7, 11) is 3.02. The topological polar surface area (TPSA) is 92.4 Å². The van der Waals surface area contributed by atoms with E-state index in [9.17, 15) is 9.59 Å². The molecule has 1 fully saturated rings. The predicted octanol–water partition coefficient (Wildman–Crippen LogP) is 2.70. The molecule has 1 atom stereocenters. The first kappa shape index (κ1) is 24.4. The number of benzene rings is 2. The van der Waals surface area contributed by atoms with E-state index in [2.05, 4.69) is 26.5 Å². The number of hydrogen-bond acceptors (Lipinski definition) is 7. The third-order valence-electron chi connectivity index (χ3n) is 6.26. The molecule has 186 valence electrons. The summed E-state index contributed by atoms with van der Waals surface area (Å²) in [5.74, 6) is 1.09. The van der Waals surface area contributed by atoms with Crippen LogP contribution in [0.3, 0.4) is 0 Å². The number of anilines is 1. The van der Waals surface area contributed by atoms with Crippen LogP contribution in [0.2, 0.25) is 0 Å². The number of hydrogen-bond donors (Lipinski definition) is 2. The highest BCUT2D eigenvalue weighted by atomic mass is 16.5. The Hall–Kier alpha value is -3.72. The maximum atomic E-state index is 12.8. The first-order valence-corrected chi connectivity index (χ1v) is 11.7. The Morgan fingerprint density at radius 2 is 1.77 bits per heavy atom. The van der Waals surface area contributed by atoms with Crippen LogP contribution in [0.25, 0.3) is 0 Å². The van der Waals surface area contributed by atoms with E-state index in [0.29, 0.717) is 24.4 Å². The van der Waals surface area contributed by atoms with Crippen LogP contribution in [-0.4, -0.2) is 70.5 Å². The van der Waals surface area contributed by atoms with Gasteiger partial charge in [0.15, 0.2) is 0 Å². The fourth-order valence-electron chi connectivity index (χ4n) is 4.46. The summed E-state index contributed by atoms with van der Waals surface area (Å²) in [6.07, 6.45) is 0. The zero-order chi connectivity index (χ0) is 24.8. The zero-order valence-electron chi connectivity index (χ0n) is 20.4. The van der Waals surface area contributed by atoms with Crippen molar-refractivity contribution in [1.29, 1.82) is 0 Å². The van der Waals surface area contributed by atoms with Gasteiger partial charge in [0.05, 0.1) is 32.4 Å². The molecule has 0 radical (unpaired) electrons. The molecule has 0 aromatic heterocycles. The van der Waals surface area contributed by atoms with Crippen molar-refractivity contribution in [1.82, 2.24) is 15.5 Å².